The molecule has 0 spiro atoms. The van der Waals surface area contributed by atoms with Gasteiger partial charge >= 0.3 is 0 Å². The predicted molar refractivity (Wildman–Crippen MR) is 66.8 cm³/mol. The van der Waals surface area contributed by atoms with Gasteiger partial charge in [-0.05, 0) is 6.92 Å². The Hall–Kier alpha value is 0.140. The van der Waals surface area contributed by atoms with Crippen LogP contribution < -0.4 is 0 Å². The Bertz CT molecular complexity index is 321. The molecule has 0 saturated carbocycles. The van der Waals surface area contributed by atoms with Gasteiger partial charge in [0.2, 0.25) is 0 Å². The predicted octanol–water partition coefficient (Wildman–Crippen LogP) is 3.90. The molecule has 14 heavy (non-hydrogen) atoms. The first-order valence-corrected chi connectivity index (χ1v) is 6.32. The first kappa shape index (κ1) is 12.2. The maximum atomic E-state index is 11.7. The zero-order valence-corrected chi connectivity index (χ0v) is 11.4. The number of benzene rings is 1. The standard InChI is InChI=1S/C10H9Br2ClO/c1-6-2-4-7(5-3-6)9(14)8(11)10(12)13/h2-5,8,10H,1H3. The van der Waals surface area contributed by atoms with E-state index in [4.69, 9.17) is 11.6 Å². The number of halogens is 3. The van der Waals surface area contributed by atoms with Crippen LogP contribution in [-0.4, -0.2) is 14.9 Å². The second-order valence-corrected chi connectivity index (χ2v) is 5.94. The minimum absolute atomic E-state index is 0.0122. The van der Waals surface area contributed by atoms with Crippen molar-refractivity contribution in [3.63, 3.8) is 0 Å². The molecule has 0 aliphatic carbocycles. The van der Waals surface area contributed by atoms with Crippen molar-refractivity contribution >= 4 is 49.2 Å². The fraction of sp³-hybridized carbons (Fsp3) is 0.300. The first-order chi connectivity index (χ1) is 6.52. The van der Waals surface area contributed by atoms with Gasteiger partial charge in [-0.15, -0.1) is 11.6 Å². The number of carbonyl (C=O) groups excluding carboxylic acids is 1. The maximum Gasteiger partial charge on any atom is 0.178 e. The highest BCUT2D eigenvalue weighted by atomic mass is 79.9. The van der Waals surface area contributed by atoms with Gasteiger partial charge in [-0.2, -0.15) is 0 Å². The Kier molecular flexibility index (Phi) is 4.61. The Morgan fingerprint density at radius 3 is 2.21 bits per heavy atom. The Morgan fingerprint density at radius 1 is 1.29 bits per heavy atom. The van der Waals surface area contributed by atoms with Crippen LogP contribution in [0.25, 0.3) is 0 Å². The molecule has 0 aliphatic heterocycles. The summed E-state index contributed by atoms with van der Waals surface area (Å²) in [6.45, 7) is 1.98. The largest absolute Gasteiger partial charge is 0.293 e. The number of ketones is 1. The number of aryl methyl sites for hydroxylation is 1. The van der Waals surface area contributed by atoms with E-state index in [2.05, 4.69) is 31.9 Å². The van der Waals surface area contributed by atoms with Crippen molar-refractivity contribution in [3.05, 3.63) is 35.4 Å². The van der Waals surface area contributed by atoms with Gasteiger partial charge in [-0.3, -0.25) is 4.79 Å². The molecule has 0 radical (unpaired) electrons. The molecule has 0 heterocycles. The second-order valence-electron chi connectivity index (χ2n) is 2.97. The molecule has 2 atom stereocenters. The topological polar surface area (TPSA) is 17.1 Å². The van der Waals surface area contributed by atoms with Crippen molar-refractivity contribution in [1.29, 1.82) is 0 Å². The summed E-state index contributed by atoms with van der Waals surface area (Å²) < 4.78 is -0.392. The monoisotopic (exact) mass is 338 g/mol. The molecule has 0 aliphatic rings. The molecular formula is C10H9Br2ClO. The van der Waals surface area contributed by atoms with E-state index in [-0.39, 0.29) is 5.78 Å². The van der Waals surface area contributed by atoms with Gasteiger partial charge in [-0.1, -0.05) is 61.7 Å². The Morgan fingerprint density at radius 2 is 1.79 bits per heavy atom. The van der Waals surface area contributed by atoms with E-state index in [9.17, 15) is 4.79 Å². The lowest BCUT2D eigenvalue weighted by atomic mass is 10.1. The van der Waals surface area contributed by atoms with Gasteiger partial charge in [0.15, 0.2) is 5.78 Å². The quantitative estimate of drug-likeness (QED) is 0.602. The zero-order chi connectivity index (χ0) is 10.7. The summed E-state index contributed by atoms with van der Waals surface area (Å²) in [7, 11) is 0. The first-order valence-electron chi connectivity index (χ1n) is 4.05. The average molecular weight is 340 g/mol. The molecule has 0 saturated heterocycles. The lowest BCUT2D eigenvalue weighted by Gasteiger charge is -2.09. The van der Waals surface area contributed by atoms with Gasteiger partial charge in [0, 0.05) is 5.56 Å². The molecule has 76 valence electrons. The number of Topliss-reactive ketones (excluding diaryl/α,β-unsaturated/α-hetero) is 1. The van der Waals surface area contributed by atoms with Crippen LogP contribution in [0, 0.1) is 6.92 Å². The van der Waals surface area contributed by atoms with Gasteiger partial charge < -0.3 is 0 Å². The van der Waals surface area contributed by atoms with Crippen molar-refractivity contribution < 1.29 is 4.79 Å². The van der Waals surface area contributed by atoms with Crippen LogP contribution in [0.4, 0.5) is 0 Å². The summed E-state index contributed by atoms with van der Waals surface area (Å²) in [5, 5.41) is 0. The molecule has 0 aromatic heterocycles. The number of carbonyl (C=O) groups is 1. The van der Waals surface area contributed by atoms with E-state index in [1.807, 2.05) is 19.1 Å². The van der Waals surface area contributed by atoms with Gasteiger partial charge in [0.1, 0.15) is 9.11 Å². The number of hydrogen-bond donors (Lipinski definition) is 0. The summed E-state index contributed by atoms with van der Waals surface area (Å²) >= 11 is 12.1. The molecule has 2 unspecified atom stereocenters. The van der Waals surface area contributed by atoms with Crippen LogP contribution >= 0.6 is 43.5 Å². The van der Waals surface area contributed by atoms with Gasteiger partial charge in [0.25, 0.3) is 0 Å². The lowest BCUT2D eigenvalue weighted by molar-refractivity contribution is 0.0995. The van der Waals surface area contributed by atoms with E-state index in [0.29, 0.717) is 5.56 Å². The van der Waals surface area contributed by atoms with Gasteiger partial charge in [0.05, 0.1) is 0 Å². The third-order valence-electron chi connectivity index (χ3n) is 1.81. The summed E-state index contributed by atoms with van der Waals surface area (Å²) in [5.41, 5.74) is 1.80. The fourth-order valence-corrected chi connectivity index (χ4v) is 1.61. The third-order valence-corrected chi connectivity index (χ3v) is 4.55. The Balaban J connectivity index is 2.84. The molecule has 0 N–H and O–H groups in total. The van der Waals surface area contributed by atoms with Crippen LogP contribution in [0.3, 0.4) is 0 Å². The second kappa shape index (κ2) is 5.29. The normalized spacial score (nSPS) is 14.9. The Labute approximate surface area is 105 Å². The summed E-state index contributed by atoms with van der Waals surface area (Å²) in [4.78, 5) is 11.3. The minimum atomic E-state index is -0.396. The summed E-state index contributed by atoms with van der Waals surface area (Å²) in [6.07, 6.45) is 0. The molecule has 0 fully saturated rings. The van der Waals surface area contributed by atoms with Crippen molar-refractivity contribution in [1.82, 2.24) is 0 Å². The number of rotatable bonds is 3. The van der Waals surface area contributed by atoms with Crippen LogP contribution in [0.1, 0.15) is 15.9 Å². The van der Waals surface area contributed by atoms with E-state index in [0.717, 1.165) is 5.56 Å². The minimum Gasteiger partial charge on any atom is -0.293 e. The zero-order valence-electron chi connectivity index (χ0n) is 7.51. The van der Waals surface area contributed by atoms with Crippen molar-refractivity contribution in [2.24, 2.45) is 0 Å². The van der Waals surface area contributed by atoms with E-state index in [1.54, 1.807) is 12.1 Å². The SMILES string of the molecule is Cc1ccc(C(=O)C(Br)C(Cl)Br)cc1. The van der Waals surface area contributed by atoms with Crippen LogP contribution in [-0.2, 0) is 0 Å². The lowest BCUT2D eigenvalue weighted by Crippen LogP contribution is -2.20. The molecule has 4 heteroatoms. The molecule has 1 rings (SSSR count). The molecular weight excluding hydrogens is 331 g/mol. The molecule has 1 nitrogen and oxygen atoms in total. The highest BCUT2D eigenvalue weighted by Crippen LogP contribution is 2.22. The molecule has 0 bridgehead atoms. The average Bonchev–Trinajstić information content (AvgIpc) is 2.16. The molecule has 1 aromatic rings. The van der Waals surface area contributed by atoms with E-state index >= 15 is 0 Å². The van der Waals surface area contributed by atoms with E-state index < -0.39 is 9.11 Å². The summed E-state index contributed by atoms with van der Waals surface area (Å²) in [6, 6.07) is 7.42. The highest BCUT2D eigenvalue weighted by Gasteiger charge is 2.22. The van der Waals surface area contributed by atoms with Crippen molar-refractivity contribution in [2.45, 2.75) is 16.0 Å². The molecule has 0 amide bonds. The number of alkyl halides is 3. The highest BCUT2D eigenvalue weighted by molar-refractivity contribution is 9.12. The third kappa shape index (κ3) is 3.07. The van der Waals surface area contributed by atoms with Gasteiger partial charge in [-0.25, -0.2) is 0 Å². The smallest absolute Gasteiger partial charge is 0.178 e. The summed E-state index contributed by atoms with van der Waals surface area (Å²) in [5.74, 6) is -0.0122. The van der Waals surface area contributed by atoms with Crippen molar-refractivity contribution in [2.75, 3.05) is 0 Å². The van der Waals surface area contributed by atoms with E-state index in [1.165, 1.54) is 0 Å². The molecule has 1 aromatic carbocycles. The number of hydrogen-bond acceptors (Lipinski definition) is 1. The van der Waals surface area contributed by atoms with Crippen LogP contribution in [0.2, 0.25) is 0 Å². The fourth-order valence-electron chi connectivity index (χ4n) is 0.991. The maximum absolute atomic E-state index is 11.7. The van der Waals surface area contributed by atoms with Crippen molar-refractivity contribution in [3.8, 4) is 0 Å². The van der Waals surface area contributed by atoms with Crippen LogP contribution in [0.5, 0.6) is 0 Å². The van der Waals surface area contributed by atoms with Crippen LogP contribution in [0.15, 0.2) is 24.3 Å².